The molecule has 0 saturated carbocycles. The summed E-state index contributed by atoms with van der Waals surface area (Å²) in [7, 11) is 0. The molecule has 2 heteroatoms. The van der Waals surface area contributed by atoms with Gasteiger partial charge in [0.1, 0.15) is 11.4 Å². The molecular formula is C18H30O2. The van der Waals surface area contributed by atoms with Crippen LogP contribution in [0.1, 0.15) is 65.9 Å². The fourth-order valence-electron chi connectivity index (χ4n) is 2.17. The lowest BCUT2D eigenvalue weighted by Gasteiger charge is -2.23. The van der Waals surface area contributed by atoms with Gasteiger partial charge in [-0.3, -0.25) is 0 Å². The average molecular weight is 278 g/mol. The quantitative estimate of drug-likeness (QED) is 0.780. The summed E-state index contributed by atoms with van der Waals surface area (Å²) in [5.74, 6) is 0.902. The SMILES string of the molecule is CCCCC(C)(O)CCc1ccc(OC(C)(C)C)cc1. The topological polar surface area (TPSA) is 29.5 Å². The molecule has 0 aliphatic heterocycles. The predicted molar refractivity (Wildman–Crippen MR) is 85.3 cm³/mol. The Morgan fingerprint density at radius 1 is 1.00 bits per heavy atom. The summed E-state index contributed by atoms with van der Waals surface area (Å²) in [6.45, 7) is 10.2. The van der Waals surface area contributed by atoms with Gasteiger partial charge in [-0.15, -0.1) is 0 Å². The second kappa shape index (κ2) is 7.12. The van der Waals surface area contributed by atoms with E-state index in [1.807, 2.05) is 39.8 Å². The molecule has 0 aromatic heterocycles. The van der Waals surface area contributed by atoms with E-state index in [9.17, 15) is 5.11 Å². The van der Waals surface area contributed by atoms with Gasteiger partial charge in [-0.05, 0) is 64.7 Å². The van der Waals surface area contributed by atoms with Crippen molar-refractivity contribution in [2.75, 3.05) is 0 Å². The van der Waals surface area contributed by atoms with Crippen LogP contribution < -0.4 is 4.74 Å². The number of aryl methyl sites for hydroxylation is 1. The van der Waals surface area contributed by atoms with E-state index in [-0.39, 0.29) is 5.60 Å². The maximum Gasteiger partial charge on any atom is 0.120 e. The van der Waals surface area contributed by atoms with Crippen molar-refractivity contribution in [2.45, 2.75) is 77.9 Å². The monoisotopic (exact) mass is 278 g/mol. The van der Waals surface area contributed by atoms with Gasteiger partial charge in [-0.1, -0.05) is 31.9 Å². The Labute approximate surface area is 124 Å². The Kier molecular flexibility index (Phi) is 6.07. The molecule has 0 aliphatic rings. The summed E-state index contributed by atoms with van der Waals surface area (Å²) >= 11 is 0. The number of unbranched alkanes of at least 4 members (excludes halogenated alkanes) is 1. The number of hydrogen-bond donors (Lipinski definition) is 1. The molecule has 0 amide bonds. The Morgan fingerprint density at radius 2 is 1.60 bits per heavy atom. The first-order valence-electron chi connectivity index (χ1n) is 7.72. The molecule has 1 N–H and O–H groups in total. The van der Waals surface area contributed by atoms with E-state index in [1.54, 1.807) is 0 Å². The number of benzene rings is 1. The Balaban J connectivity index is 2.49. The van der Waals surface area contributed by atoms with Crippen LogP contribution in [0.15, 0.2) is 24.3 Å². The highest BCUT2D eigenvalue weighted by molar-refractivity contribution is 5.28. The van der Waals surface area contributed by atoms with Gasteiger partial charge < -0.3 is 9.84 Å². The number of ether oxygens (including phenoxy) is 1. The minimum atomic E-state index is -0.545. The average Bonchev–Trinajstić information content (AvgIpc) is 2.34. The lowest BCUT2D eigenvalue weighted by atomic mass is 9.92. The number of hydrogen-bond acceptors (Lipinski definition) is 2. The lowest BCUT2D eigenvalue weighted by molar-refractivity contribution is 0.0401. The molecule has 0 radical (unpaired) electrons. The van der Waals surface area contributed by atoms with Gasteiger partial charge in [0.25, 0.3) is 0 Å². The normalized spacial score (nSPS) is 14.9. The van der Waals surface area contributed by atoms with E-state index in [0.717, 1.165) is 37.9 Å². The summed E-state index contributed by atoms with van der Waals surface area (Å²) in [4.78, 5) is 0. The minimum Gasteiger partial charge on any atom is -0.488 e. The Morgan fingerprint density at radius 3 is 2.10 bits per heavy atom. The fraction of sp³-hybridized carbons (Fsp3) is 0.667. The van der Waals surface area contributed by atoms with E-state index >= 15 is 0 Å². The first-order valence-corrected chi connectivity index (χ1v) is 7.72. The van der Waals surface area contributed by atoms with Crippen LogP contribution in [-0.2, 0) is 6.42 Å². The van der Waals surface area contributed by atoms with Crippen LogP contribution in [0.5, 0.6) is 5.75 Å². The van der Waals surface area contributed by atoms with Crippen LogP contribution in [0.2, 0.25) is 0 Å². The fourth-order valence-corrected chi connectivity index (χ4v) is 2.17. The third-order valence-electron chi connectivity index (χ3n) is 3.37. The molecule has 2 nitrogen and oxygen atoms in total. The van der Waals surface area contributed by atoms with Crippen molar-refractivity contribution in [3.05, 3.63) is 29.8 Å². The molecule has 20 heavy (non-hydrogen) atoms. The standard InChI is InChI=1S/C18H30O2/c1-6-7-13-18(5,19)14-12-15-8-10-16(11-9-15)20-17(2,3)4/h8-11,19H,6-7,12-14H2,1-5H3. The molecular weight excluding hydrogens is 248 g/mol. The highest BCUT2D eigenvalue weighted by atomic mass is 16.5. The van der Waals surface area contributed by atoms with E-state index < -0.39 is 5.60 Å². The van der Waals surface area contributed by atoms with E-state index in [4.69, 9.17) is 4.74 Å². The van der Waals surface area contributed by atoms with Gasteiger partial charge in [-0.2, -0.15) is 0 Å². The second-order valence-electron chi connectivity index (χ2n) is 6.96. The van der Waals surface area contributed by atoms with Crippen LogP contribution in [0, 0.1) is 0 Å². The number of rotatable bonds is 7. The summed E-state index contributed by atoms with van der Waals surface area (Å²) in [5.41, 5.74) is 0.546. The molecule has 1 rings (SSSR count). The number of aliphatic hydroxyl groups is 1. The lowest BCUT2D eigenvalue weighted by Crippen LogP contribution is -2.24. The molecule has 0 aliphatic carbocycles. The molecule has 1 aromatic carbocycles. The predicted octanol–water partition coefficient (Wildman–Crippen LogP) is 4.74. The van der Waals surface area contributed by atoms with E-state index in [2.05, 4.69) is 19.1 Å². The zero-order chi connectivity index (χ0) is 15.2. The second-order valence-corrected chi connectivity index (χ2v) is 6.96. The minimum absolute atomic E-state index is 0.161. The van der Waals surface area contributed by atoms with Gasteiger partial charge in [0.2, 0.25) is 0 Å². The largest absolute Gasteiger partial charge is 0.488 e. The van der Waals surface area contributed by atoms with Gasteiger partial charge in [0.15, 0.2) is 0 Å². The van der Waals surface area contributed by atoms with Gasteiger partial charge in [0.05, 0.1) is 5.60 Å². The van der Waals surface area contributed by atoms with E-state index in [0.29, 0.717) is 0 Å². The third kappa shape index (κ3) is 6.95. The van der Waals surface area contributed by atoms with Crippen LogP contribution in [0.25, 0.3) is 0 Å². The van der Waals surface area contributed by atoms with Crippen LogP contribution in [-0.4, -0.2) is 16.3 Å². The first-order chi connectivity index (χ1) is 9.22. The third-order valence-corrected chi connectivity index (χ3v) is 3.37. The maximum atomic E-state index is 10.3. The highest BCUT2D eigenvalue weighted by Crippen LogP contribution is 2.23. The van der Waals surface area contributed by atoms with Crippen LogP contribution in [0.4, 0.5) is 0 Å². The molecule has 1 aromatic rings. The molecule has 0 bridgehead atoms. The Bertz CT molecular complexity index is 385. The van der Waals surface area contributed by atoms with Gasteiger partial charge >= 0.3 is 0 Å². The molecule has 0 saturated heterocycles. The van der Waals surface area contributed by atoms with Crippen LogP contribution in [0.3, 0.4) is 0 Å². The Hall–Kier alpha value is -1.02. The molecule has 114 valence electrons. The smallest absolute Gasteiger partial charge is 0.120 e. The van der Waals surface area contributed by atoms with Crippen molar-refractivity contribution in [3.63, 3.8) is 0 Å². The van der Waals surface area contributed by atoms with Crippen molar-refractivity contribution < 1.29 is 9.84 Å². The van der Waals surface area contributed by atoms with Crippen molar-refractivity contribution in [2.24, 2.45) is 0 Å². The molecule has 0 spiro atoms. The van der Waals surface area contributed by atoms with Crippen molar-refractivity contribution in [1.29, 1.82) is 0 Å². The van der Waals surface area contributed by atoms with Crippen LogP contribution >= 0.6 is 0 Å². The zero-order valence-corrected chi connectivity index (χ0v) is 13.7. The summed E-state index contributed by atoms with van der Waals surface area (Å²) in [5, 5.41) is 10.3. The summed E-state index contributed by atoms with van der Waals surface area (Å²) < 4.78 is 5.81. The first kappa shape index (κ1) is 17.0. The van der Waals surface area contributed by atoms with Crippen molar-refractivity contribution >= 4 is 0 Å². The van der Waals surface area contributed by atoms with E-state index in [1.165, 1.54) is 5.56 Å². The molecule has 1 atom stereocenters. The van der Waals surface area contributed by atoms with Crippen molar-refractivity contribution in [3.8, 4) is 5.75 Å². The molecule has 0 fully saturated rings. The molecule has 0 heterocycles. The maximum absolute atomic E-state index is 10.3. The summed E-state index contributed by atoms with van der Waals surface area (Å²) in [6, 6.07) is 8.22. The van der Waals surface area contributed by atoms with Gasteiger partial charge in [0, 0.05) is 0 Å². The molecule has 1 unspecified atom stereocenters. The van der Waals surface area contributed by atoms with Crippen molar-refractivity contribution in [1.82, 2.24) is 0 Å². The van der Waals surface area contributed by atoms with Gasteiger partial charge in [-0.25, -0.2) is 0 Å². The summed E-state index contributed by atoms with van der Waals surface area (Å²) in [6.07, 6.45) is 4.83. The highest BCUT2D eigenvalue weighted by Gasteiger charge is 2.19. The zero-order valence-electron chi connectivity index (χ0n) is 13.7.